The molecule has 1 aromatic heterocycles. The van der Waals surface area contributed by atoms with Crippen LogP contribution in [0.25, 0.3) is 6.20 Å². The summed E-state index contributed by atoms with van der Waals surface area (Å²) < 4.78 is 2.42. The van der Waals surface area contributed by atoms with Gasteiger partial charge in [-0.3, -0.25) is 0 Å². The molecule has 0 spiro atoms. The average Bonchev–Trinajstić information content (AvgIpc) is 2.60. The van der Waals surface area contributed by atoms with E-state index < -0.39 is 0 Å². The zero-order chi connectivity index (χ0) is 9.76. The van der Waals surface area contributed by atoms with E-state index in [2.05, 4.69) is 36.8 Å². The third kappa shape index (κ3) is 1.08. The molecule has 2 aliphatic rings. The Morgan fingerprint density at radius 3 is 3.00 bits per heavy atom. The zero-order valence-electron chi connectivity index (χ0n) is 9.01. The Bertz CT molecular complexity index is 407. The molecular weight excluding hydrogens is 170 g/mol. The van der Waals surface area contributed by atoms with Gasteiger partial charge in [0, 0.05) is 17.6 Å². The van der Waals surface area contributed by atoms with Crippen molar-refractivity contribution in [3.63, 3.8) is 0 Å². The minimum Gasteiger partial charge on any atom is -0.325 e. The Balaban J connectivity index is 2.12. The Morgan fingerprint density at radius 2 is 2.14 bits per heavy atom. The largest absolute Gasteiger partial charge is 0.325 e. The van der Waals surface area contributed by atoms with Gasteiger partial charge in [0.2, 0.25) is 0 Å². The highest BCUT2D eigenvalue weighted by atomic mass is 15.0. The summed E-state index contributed by atoms with van der Waals surface area (Å²) in [6.45, 7) is 4.62. The van der Waals surface area contributed by atoms with Gasteiger partial charge < -0.3 is 4.57 Å². The van der Waals surface area contributed by atoms with Gasteiger partial charge in [0.15, 0.2) is 0 Å². The van der Waals surface area contributed by atoms with E-state index in [-0.39, 0.29) is 0 Å². The van der Waals surface area contributed by atoms with Crippen molar-refractivity contribution in [2.24, 2.45) is 5.41 Å². The standard InChI is InChI=1S/C13H17N/c1-13(2)6-7-14-11(9-13)8-10-4-3-5-12(10)14/h6-8H,3-5,9H2,1-2H3. The van der Waals surface area contributed by atoms with E-state index in [0.29, 0.717) is 5.41 Å². The molecule has 1 aromatic rings. The van der Waals surface area contributed by atoms with Gasteiger partial charge in [-0.15, -0.1) is 0 Å². The number of rotatable bonds is 0. The van der Waals surface area contributed by atoms with Crippen LogP contribution in [-0.2, 0) is 19.3 Å². The second-order valence-electron chi connectivity index (χ2n) is 5.31. The highest BCUT2D eigenvalue weighted by Crippen LogP contribution is 2.34. The number of aryl methyl sites for hydroxylation is 1. The molecule has 3 rings (SSSR count). The molecule has 0 aromatic carbocycles. The number of allylic oxidation sites excluding steroid dienone is 1. The van der Waals surface area contributed by atoms with Gasteiger partial charge >= 0.3 is 0 Å². The fourth-order valence-electron chi connectivity index (χ4n) is 2.75. The van der Waals surface area contributed by atoms with Crippen LogP contribution in [0.4, 0.5) is 0 Å². The topological polar surface area (TPSA) is 4.93 Å². The van der Waals surface area contributed by atoms with E-state index in [1.54, 1.807) is 11.3 Å². The Labute approximate surface area is 85.4 Å². The second-order valence-corrected chi connectivity index (χ2v) is 5.31. The van der Waals surface area contributed by atoms with Crippen LogP contribution in [0.15, 0.2) is 12.1 Å². The van der Waals surface area contributed by atoms with Crippen molar-refractivity contribution in [1.29, 1.82) is 0 Å². The molecule has 0 saturated heterocycles. The summed E-state index contributed by atoms with van der Waals surface area (Å²) in [5.41, 5.74) is 5.04. The summed E-state index contributed by atoms with van der Waals surface area (Å²) in [6, 6.07) is 2.42. The predicted molar refractivity (Wildman–Crippen MR) is 59.3 cm³/mol. The molecule has 0 saturated carbocycles. The van der Waals surface area contributed by atoms with E-state index >= 15 is 0 Å². The van der Waals surface area contributed by atoms with Crippen molar-refractivity contribution < 1.29 is 0 Å². The van der Waals surface area contributed by atoms with Crippen molar-refractivity contribution in [1.82, 2.24) is 4.57 Å². The van der Waals surface area contributed by atoms with Crippen LogP contribution in [0.1, 0.15) is 37.2 Å². The summed E-state index contributed by atoms with van der Waals surface area (Å²) in [5, 5.41) is 0. The maximum atomic E-state index is 2.42. The minimum absolute atomic E-state index is 0.349. The molecule has 0 radical (unpaired) electrons. The molecule has 1 aliphatic carbocycles. The summed E-state index contributed by atoms with van der Waals surface area (Å²) in [6.07, 6.45) is 9.74. The predicted octanol–water partition coefficient (Wildman–Crippen LogP) is 3.03. The monoisotopic (exact) mass is 187 g/mol. The maximum absolute atomic E-state index is 2.42. The zero-order valence-corrected chi connectivity index (χ0v) is 9.01. The highest BCUT2D eigenvalue weighted by Gasteiger charge is 2.25. The Morgan fingerprint density at radius 1 is 1.29 bits per heavy atom. The fraction of sp³-hybridized carbons (Fsp3) is 0.538. The highest BCUT2D eigenvalue weighted by molar-refractivity contribution is 5.44. The number of fused-ring (bicyclic) bond motifs is 3. The van der Waals surface area contributed by atoms with Crippen molar-refractivity contribution in [2.45, 2.75) is 39.5 Å². The number of hydrogen-bond donors (Lipinski definition) is 0. The average molecular weight is 187 g/mol. The fourth-order valence-corrected chi connectivity index (χ4v) is 2.75. The van der Waals surface area contributed by atoms with E-state index in [9.17, 15) is 0 Å². The molecule has 74 valence electrons. The van der Waals surface area contributed by atoms with Crippen LogP contribution >= 0.6 is 0 Å². The van der Waals surface area contributed by atoms with Crippen LogP contribution in [0.2, 0.25) is 0 Å². The molecule has 0 N–H and O–H groups in total. The minimum atomic E-state index is 0.349. The lowest BCUT2D eigenvalue weighted by atomic mass is 9.86. The van der Waals surface area contributed by atoms with Crippen molar-refractivity contribution >= 4 is 6.20 Å². The molecule has 1 nitrogen and oxygen atoms in total. The molecule has 2 heterocycles. The SMILES string of the molecule is CC1(C)C=Cn2c(cc3c2CCC3)C1. The molecular formula is C13H17N. The summed E-state index contributed by atoms with van der Waals surface area (Å²) >= 11 is 0. The van der Waals surface area contributed by atoms with Crippen molar-refractivity contribution in [3.8, 4) is 0 Å². The normalized spacial score (nSPS) is 22.1. The van der Waals surface area contributed by atoms with Gasteiger partial charge in [-0.05, 0) is 42.7 Å². The molecule has 0 fully saturated rings. The molecule has 14 heavy (non-hydrogen) atoms. The Kier molecular flexibility index (Phi) is 1.51. The third-order valence-corrected chi connectivity index (χ3v) is 3.48. The lowest BCUT2D eigenvalue weighted by Crippen LogP contribution is -2.18. The third-order valence-electron chi connectivity index (χ3n) is 3.48. The van der Waals surface area contributed by atoms with E-state index in [1.165, 1.54) is 31.4 Å². The lowest BCUT2D eigenvalue weighted by molar-refractivity contribution is 0.458. The van der Waals surface area contributed by atoms with Crippen molar-refractivity contribution in [3.05, 3.63) is 29.1 Å². The van der Waals surface area contributed by atoms with Crippen molar-refractivity contribution in [2.75, 3.05) is 0 Å². The summed E-state index contributed by atoms with van der Waals surface area (Å²) in [7, 11) is 0. The van der Waals surface area contributed by atoms with Crippen LogP contribution < -0.4 is 0 Å². The number of hydrogen-bond acceptors (Lipinski definition) is 0. The van der Waals surface area contributed by atoms with Crippen LogP contribution in [0, 0.1) is 5.41 Å². The first-order valence-corrected chi connectivity index (χ1v) is 5.57. The molecule has 0 atom stereocenters. The van der Waals surface area contributed by atoms with Gasteiger partial charge in [0.25, 0.3) is 0 Å². The van der Waals surface area contributed by atoms with Gasteiger partial charge in [-0.1, -0.05) is 19.9 Å². The van der Waals surface area contributed by atoms with E-state index in [1.807, 2.05) is 0 Å². The quantitative estimate of drug-likeness (QED) is 0.588. The smallest absolute Gasteiger partial charge is 0.0255 e. The first-order chi connectivity index (χ1) is 6.66. The first-order valence-electron chi connectivity index (χ1n) is 5.57. The van der Waals surface area contributed by atoms with Gasteiger partial charge in [-0.2, -0.15) is 0 Å². The lowest BCUT2D eigenvalue weighted by Gasteiger charge is -2.25. The molecule has 1 aliphatic heterocycles. The summed E-state index contributed by atoms with van der Waals surface area (Å²) in [5.74, 6) is 0. The number of nitrogens with zero attached hydrogens (tertiary/aromatic N) is 1. The van der Waals surface area contributed by atoms with E-state index in [4.69, 9.17) is 0 Å². The summed E-state index contributed by atoms with van der Waals surface area (Å²) in [4.78, 5) is 0. The van der Waals surface area contributed by atoms with Crippen LogP contribution in [0.3, 0.4) is 0 Å². The van der Waals surface area contributed by atoms with Gasteiger partial charge in [0.05, 0.1) is 0 Å². The molecule has 0 amide bonds. The van der Waals surface area contributed by atoms with Crippen LogP contribution in [0.5, 0.6) is 0 Å². The van der Waals surface area contributed by atoms with E-state index in [0.717, 1.165) is 0 Å². The molecule has 0 bridgehead atoms. The second kappa shape index (κ2) is 2.53. The van der Waals surface area contributed by atoms with Crippen LogP contribution in [-0.4, -0.2) is 4.57 Å². The first kappa shape index (κ1) is 8.34. The number of aromatic nitrogens is 1. The molecule has 0 unspecified atom stereocenters. The maximum Gasteiger partial charge on any atom is 0.0255 e. The van der Waals surface area contributed by atoms with Gasteiger partial charge in [-0.25, -0.2) is 0 Å². The van der Waals surface area contributed by atoms with Gasteiger partial charge in [0.1, 0.15) is 0 Å². The molecule has 1 heteroatoms. The Hall–Kier alpha value is -0.980.